The summed E-state index contributed by atoms with van der Waals surface area (Å²) < 4.78 is 6.65. The fraction of sp³-hybridized carbons (Fsp3) is 0.360. The summed E-state index contributed by atoms with van der Waals surface area (Å²) in [7, 11) is -1.00. The minimum absolute atomic E-state index is 0.201. The molecule has 4 aromatic rings. The van der Waals surface area contributed by atoms with E-state index in [1.807, 2.05) is 0 Å². The highest BCUT2D eigenvalue weighted by molar-refractivity contribution is 6.58. The van der Waals surface area contributed by atoms with Crippen LogP contribution in [-0.4, -0.2) is 9.04 Å². The van der Waals surface area contributed by atoms with Crippen molar-refractivity contribution >= 4 is 41.4 Å². The Morgan fingerprint density at radius 2 is 1.19 bits per heavy atom. The molecular formula is C25H29OSi. The first-order valence-corrected chi connectivity index (χ1v) is 11.2. The van der Waals surface area contributed by atoms with Gasteiger partial charge in [-0.15, -0.1) is 0 Å². The van der Waals surface area contributed by atoms with E-state index in [2.05, 4.69) is 96.1 Å². The first-order chi connectivity index (χ1) is 12.7. The molecule has 0 aliphatic carbocycles. The molecule has 4 rings (SSSR count). The van der Waals surface area contributed by atoms with E-state index in [9.17, 15) is 0 Å². The summed E-state index contributed by atoms with van der Waals surface area (Å²) >= 11 is 0. The van der Waals surface area contributed by atoms with Crippen molar-refractivity contribution in [2.24, 2.45) is 0 Å². The molecule has 0 bridgehead atoms. The second-order valence-electron chi connectivity index (χ2n) is 9.70. The highest BCUT2D eigenvalue weighted by Crippen LogP contribution is 2.43. The molecule has 0 saturated carbocycles. The van der Waals surface area contributed by atoms with Crippen LogP contribution in [0.25, 0.3) is 32.3 Å². The van der Waals surface area contributed by atoms with Crippen LogP contribution in [-0.2, 0) is 11.0 Å². The smallest absolute Gasteiger partial charge is 0.223 e. The van der Waals surface area contributed by atoms with Crippen LogP contribution in [0.3, 0.4) is 0 Å². The summed E-state index contributed by atoms with van der Waals surface area (Å²) in [5.74, 6) is 0. The third kappa shape index (κ3) is 3.26. The van der Waals surface area contributed by atoms with Crippen molar-refractivity contribution in [2.75, 3.05) is 0 Å². The average molecular weight is 374 g/mol. The fourth-order valence-corrected chi connectivity index (χ4v) is 8.05. The maximum atomic E-state index is 6.65. The van der Waals surface area contributed by atoms with Gasteiger partial charge in [0.25, 0.3) is 0 Å². The third-order valence-corrected chi connectivity index (χ3v) is 8.51. The van der Waals surface area contributed by atoms with Gasteiger partial charge in [0.15, 0.2) is 0 Å². The highest BCUT2D eigenvalue weighted by atomic mass is 28.3. The largest absolute Gasteiger partial charge is 0.411 e. The van der Waals surface area contributed by atoms with Gasteiger partial charge in [0.05, 0.1) is 6.61 Å². The van der Waals surface area contributed by atoms with Crippen LogP contribution >= 0.6 is 0 Å². The van der Waals surface area contributed by atoms with Crippen LogP contribution in [0, 0.1) is 0 Å². The first kappa shape index (κ1) is 18.5. The molecule has 0 heterocycles. The fourth-order valence-electron chi connectivity index (χ4n) is 4.63. The molecule has 0 aliphatic rings. The molecule has 0 N–H and O–H groups in total. The van der Waals surface area contributed by atoms with E-state index in [1.165, 1.54) is 37.9 Å². The Balaban J connectivity index is 1.81. The lowest BCUT2D eigenvalue weighted by atomic mass is 9.92. The Bertz CT molecular complexity index is 1070. The monoisotopic (exact) mass is 373 g/mol. The minimum atomic E-state index is -1.00. The van der Waals surface area contributed by atoms with E-state index >= 15 is 0 Å². The van der Waals surface area contributed by atoms with E-state index in [0.717, 1.165) is 0 Å². The van der Waals surface area contributed by atoms with Gasteiger partial charge in [-0.1, -0.05) is 96.1 Å². The number of benzene rings is 4. The maximum Gasteiger partial charge on any atom is 0.223 e. The Morgan fingerprint density at radius 1 is 0.667 bits per heavy atom. The zero-order valence-electron chi connectivity index (χ0n) is 17.3. The standard InChI is InChI=1S/C25H29OSi/c1-24(2,3)27(25(4,5)6)26-16-20-13-12-19-11-10-17-8-7-9-18-14-15-21(20)23(19)22(17)18/h7-15H,16H2,1-6H3. The van der Waals surface area contributed by atoms with Crippen LogP contribution < -0.4 is 0 Å². The Hall–Kier alpha value is -1.90. The van der Waals surface area contributed by atoms with Crippen molar-refractivity contribution in [2.45, 2.75) is 58.2 Å². The van der Waals surface area contributed by atoms with E-state index < -0.39 is 9.04 Å². The normalized spacial score (nSPS) is 13.4. The van der Waals surface area contributed by atoms with Gasteiger partial charge in [0.1, 0.15) is 0 Å². The van der Waals surface area contributed by atoms with Gasteiger partial charge in [0.2, 0.25) is 9.04 Å². The van der Waals surface area contributed by atoms with E-state index in [1.54, 1.807) is 0 Å². The molecule has 1 nitrogen and oxygen atoms in total. The molecule has 1 radical (unpaired) electrons. The highest BCUT2D eigenvalue weighted by Gasteiger charge is 2.39. The quantitative estimate of drug-likeness (QED) is 0.264. The molecule has 0 amide bonds. The summed E-state index contributed by atoms with van der Waals surface area (Å²) in [6.45, 7) is 14.6. The molecule has 0 atom stereocenters. The van der Waals surface area contributed by atoms with Gasteiger partial charge >= 0.3 is 0 Å². The van der Waals surface area contributed by atoms with Crippen molar-refractivity contribution in [1.29, 1.82) is 0 Å². The lowest BCUT2D eigenvalue weighted by Gasteiger charge is -2.37. The molecule has 0 aromatic heterocycles. The number of rotatable bonds is 3. The van der Waals surface area contributed by atoms with Crippen molar-refractivity contribution in [3.63, 3.8) is 0 Å². The lowest BCUT2D eigenvalue weighted by molar-refractivity contribution is 0.272. The molecule has 4 aromatic carbocycles. The van der Waals surface area contributed by atoms with E-state index in [-0.39, 0.29) is 10.1 Å². The van der Waals surface area contributed by atoms with E-state index in [4.69, 9.17) is 4.43 Å². The Kier molecular flexibility index (Phi) is 4.32. The molecule has 0 unspecified atom stereocenters. The van der Waals surface area contributed by atoms with Gasteiger partial charge in [0, 0.05) is 0 Å². The van der Waals surface area contributed by atoms with E-state index in [0.29, 0.717) is 6.61 Å². The van der Waals surface area contributed by atoms with Crippen LogP contribution in [0.1, 0.15) is 47.1 Å². The Labute approximate surface area is 164 Å². The summed E-state index contributed by atoms with van der Waals surface area (Å²) in [5.41, 5.74) is 1.30. The number of hydrogen-bond donors (Lipinski definition) is 0. The van der Waals surface area contributed by atoms with Crippen molar-refractivity contribution < 1.29 is 4.43 Å². The van der Waals surface area contributed by atoms with Crippen LogP contribution in [0.5, 0.6) is 0 Å². The third-order valence-electron chi connectivity index (χ3n) is 5.35. The summed E-state index contributed by atoms with van der Waals surface area (Å²) in [6.07, 6.45) is 0. The van der Waals surface area contributed by atoms with Gasteiger partial charge in [-0.2, -0.15) is 0 Å². The van der Waals surface area contributed by atoms with Crippen molar-refractivity contribution in [3.05, 3.63) is 60.2 Å². The van der Waals surface area contributed by atoms with Crippen molar-refractivity contribution in [3.8, 4) is 0 Å². The molecule has 0 aliphatic heterocycles. The van der Waals surface area contributed by atoms with Crippen LogP contribution in [0.2, 0.25) is 10.1 Å². The molecule has 2 heteroatoms. The van der Waals surface area contributed by atoms with Gasteiger partial charge in [-0.05, 0) is 48.0 Å². The van der Waals surface area contributed by atoms with Crippen LogP contribution in [0.4, 0.5) is 0 Å². The van der Waals surface area contributed by atoms with Gasteiger partial charge in [-0.25, -0.2) is 0 Å². The lowest BCUT2D eigenvalue weighted by Crippen LogP contribution is -2.38. The first-order valence-electron chi connectivity index (χ1n) is 9.82. The minimum Gasteiger partial charge on any atom is -0.411 e. The summed E-state index contributed by atoms with van der Waals surface area (Å²) in [6, 6.07) is 20.1. The Morgan fingerprint density at radius 3 is 1.78 bits per heavy atom. The van der Waals surface area contributed by atoms with Crippen molar-refractivity contribution in [1.82, 2.24) is 0 Å². The number of hydrogen-bond acceptors (Lipinski definition) is 1. The molecule has 27 heavy (non-hydrogen) atoms. The SMILES string of the molecule is CC(C)(C)[Si](OCc1ccc2ccc3cccc4ccc1c2c34)C(C)(C)C. The zero-order chi connectivity index (χ0) is 19.4. The average Bonchev–Trinajstić information content (AvgIpc) is 2.58. The molecule has 0 spiro atoms. The summed E-state index contributed by atoms with van der Waals surface area (Å²) in [5, 5.41) is 8.45. The molecule has 139 valence electrons. The predicted octanol–water partition coefficient (Wildman–Crippen LogP) is 7.69. The molecular weight excluding hydrogens is 344 g/mol. The summed E-state index contributed by atoms with van der Waals surface area (Å²) in [4.78, 5) is 0. The second-order valence-corrected chi connectivity index (χ2v) is 13.6. The van der Waals surface area contributed by atoms with Gasteiger partial charge in [-0.3, -0.25) is 0 Å². The van der Waals surface area contributed by atoms with Gasteiger partial charge < -0.3 is 4.43 Å². The molecule has 0 saturated heterocycles. The maximum absolute atomic E-state index is 6.65. The predicted molar refractivity (Wildman–Crippen MR) is 120 cm³/mol. The molecule has 0 fully saturated rings. The topological polar surface area (TPSA) is 9.23 Å². The second kappa shape index (κ2) is 6.32. The zero-order valence-corrected chi connectivity index (χ0v) is 18.3. The van der Waals surface area contributed by atoms with Crippen LogP contribution in [0.15, 0.2) is 54.6 Å².